The van der Waals surface area contributed by atoms with E-state index in [9.17, 15) is 13.2 Å². The smallest absolute Gasteiger partial charge is 0.271 e. The Bertz CT molecular complexity index is 1310. The van der Waals surface area contributed by atoms with Crippen LogP contribution in [0.1, 0.15) is 28.8 Å². The number of aromatic amines is 1. The standard InChI is InChI=1S/C21H21N5O3S2/c27-21(22-9-7-20-23-15-4-1-2-5-16(15)24-20)17-12-18(19-6-3-10-30-19)26(25-17)14-8-11-31(28,29)13-14/h1-6,10,12,14H,7-9,11,13H2,(H,22,27)(H,23,24). The van der Waals surface area contributed by atoms with Crippen LogP contribution in [0.4, 0.5) is 0 Å². The van der Waals surface area contributed by atoms with Gasteiger partial charge in [0.25, 0.3) is 5.91 Å². The maximum Gasteiger partial charge on any atom is 0.271 e. The third kappa shape index (κ3) is 4.13. The number of hydrogen-bond donors (Lipinski definition) is 2. The lowest BCUT2D eigenvalue weighted by Gasteiger charge is -2.12. The Labute approximate surface area is 183 Å². The van der Waals surface area contributed by atoms with Crippen LogP contribution in [-0.2, 0) is 16.3 Å². The zero-order valence-corrected chi connectivity index (χ0v) is 18.2. The quantitative estimate of drug-likeness (QED) is 0.465. The number of aromatic nitrogens is 4. The molecule has 1 atom stereocenters. The van der Waals surface area contributed by atoms with E-state index in [0.717, 1.165) is 27.4 Å². The fraction of sp³-hybridized carbons (Fsp3) is 0.286. The summed E-state index contributed by atoms with van der Waals surface area (Å²) in [6.07, 6.45) is 1.08. The van der Waals surface area contributed by atoms with Gasteiger partial charge in [-0.2, -0.15) is 5.10 Å². The number of hydrogen-bond acceptors (Lipinski definition) is 6. The number of fused-ring (bicyclic) bond motifs is 1. The molecule has 1 aliphatic rings. The normalized spacial score (nSPS) is 17.9. The largest absolute Gasteiger partial charge is 0.350 e. The average molecular weight is 456 g/mol. The third-order valence-corrected chi connectivity index (χ3v) is 8.02. The van der Waals surface area contributed by atoms with Crippen molar-refractivity contribution in [1.29, 1.82) is 0 Å². The molecule has 1 fully saturated rings. The minimum atomic E-state index is -3.06. The zero-order valence-electron chi connectivity index (χ0n) is 16.6. The minimum absolute atomic E-state index is 0.0557. The van der Waals surface area contributed by atoms with Crippen molar-refractivity contribution in [3.8, 4) is 10.6 Å². The molecule has 3 aromatic heterocycles. The number of rotatable bonds is 6. The Morgan fingerprint density at radius 2 is 2.13 bits per heavy atom. The molecule has 1 saturated heterocycles. The summed E-state index contributed by atoms with van der Waals surface area (Å²) in [5.74, 6) is 0.733. The van der Waals surface area contributed by atoms with Gasteiger partial charge in [-0.25, -0.2) is 13.4 Å². The number of carbonyl (C=O) groups is 1. The highest BCUT2D eigenvalue weighted by molar-refractivity contribution is 7.91. The first kappa shape index (κ1) is 20.0. The van der Waals surface area contributed by atoms with E-state index >= 15 is 0 Å². The molecule has 5 rings (SSSR count). The summed E-state index contributed by atoms with van der Waals surface area (Å²) in [6, 6.07) is 13.2. The molecule has 31 heavy (non-hydrogen) atoms. The Hall–Kier alpha value is -2.98. The number of H-pyrrole nitrogens is 1. The van der Waals surface area contributed by atoms with Crippen LogP contribution in [-0.4, -0.2) is 52.1 Å². The third-order valence-electron chi connectivity index (χ3n) is 5.38. The molecule has 0 bridgehead atoms. The number of nitrogens with one attached hydrogen (secondary N) is 2. The van der Waals surface area contributed by atoms with Crippen LogP contribution in [0.5, 0.6) is 0 Å². The first-order chi connectivity index (χ1) is 15.0. The van der Waals surface area contributed by atoms with Crippen molar-refractivity contribution in [3.63, 3.8) is 0 Å². The van der Waals surface area contributed by atoms with Crippen LogP contribution in [0, 0.1) is 0 Å². The molecule has 4 heterocycles. The lowest BCUT2D eigenvalue weighted by Crippen LogP contribution is -2.26. The van der Waals surface area contributed by atoms with E-state index in [0.29, 0.717) is 19.4 Å². The van der Waals surface area contributed by atoms with Gasteiger partial charge in [0.15, 0.2) is 15.5 Å². The summed E-state index contributed by atoms with van der Waals surface area (Å²) in [7, 11) is -3.06. The summed E-state index contributed by atoms with van der Waals surface area (Å²) < 4.78 is 25.6. The Kier molecular flexibility index (Phi) is 5.11. The van der Waals surface area contributed by atoms with Crippen LogP contribution >= 0.6 is 11.3 Å². The first-order valence-corrected chi connectivity index (χ1v) is 12.7. The van der Waals surface area contributed by atoms with Crippen LogP contribution < -0.4 is 5.32 Å². The molecule has 160 valence electrons. The molecule has 10 heteroatoms. The molecule has 1 amide bonds. The lowest BCUT2D eigenvalue weighted by atomic mass is 10.2. The number of sulfone groups is 1. The van der Waals surface area contributed by atoms with Crippen LogP contribution in [0.25, 0.3) is 21.6 Å². The summed E-state index contributed by atoms with van der Waals surface area (Å²) in [5, 5.41) is 9.34. The van der Waals surface area contributed by atoms with Gasteiger partial charge in [-0.1, -0.05) is 18.2 Å². The van der Waals surface area contributed by atoms with Gasteiger partial charge in [0.2, 0.25) is 0 Å². The average Bonchev–Trinajstić information content (AvgIpc) is 3.52. The summed E-state index contributed by atoms with van der Waals surface area (Å²) in [6.45, 7) is 0.414. The number of imidazole rings is 1. The van der Waals surface area contributed by atoms with Crippen LogP contribution in [0.15, 0.2) is 47.8 Å². The molecule has 0 aliphatic carbocycles. The predicted octanol–water partition coefficient (Wildman–Crippen LogP) is 2.82. The van der Waals surface area contributed by atoms with E-state index in [-0.39, 0.29) is 29.1 Å². The Morgan fingerprint density at radius 1 is 1.26 bits per heavy atom. The highest BCUT2D eigenvalue weighted by Gasteiger charge is 2.32. The van der Waals surface area contributed by atoms with Crippen molar-refractivity contribution in [3.05, 3.63) is 59.4 Å². The molecule has 2 N–H and O–H groups in total. The van der Waals surface area contributed by atoms with Gasteiger partial charge >= 0.3 is 0 Å². The SMILES string of the molecule is O=C(NCCc1nc2ccccc2[nH]1)c1cc(-c2cccs2)n(C2CCS(=O)(=O)C2)n1. The number of benzene rings is 1. The number of nitrogens with zero attached hydrogens (tertiary/aromatic N) is 3. The lowest BCUT2D eigenvalue weighted by molar-refractivity contribution is 0.0948. The van der Waals surface area contributed by atoms with Crippen molar-refractivity contribution in [2.45, 2.75) is 18.9 Å². The predicted molar refractivity (Wildman–Crippen MR) is 120 cm³/mol. The van der Waals surface area contributed by atoms with Crippen LogP contribution in [0.2, 0.25) is 0 Å². The molecule has 8 nitrogen and oxygen atoms in total. The molecule has 4 aromatic rings. The topological polar surface area (TPSA) is 110 Å². The van der Waals surface area contributed by atoms with Gasteiger partial charge in [-0.15, -0.1) is 11.3 Å². The van der Waals surface area contributed by atoms with Crippen molar-refractivity contribution >= 4 is 38.1 Å². The van der Waals surface area contributed by atoms with Gasteiger partial charge in [0.05, 0.1) is 39.2 Å². The van der Waals surface area contributed by atoms with Gasteiger partial charge in [-0.05, 0) is 36.1 Å². The molecule has 0 saturated carbocycles. The van der Waals surface area contributed by atoms with Crippen molar-refractivity contribution in [1.82, 2.24) is 25.1 Å². The number of carbonyl (C=O) groups excluding carboxylic acids is 1. The molecule has 0 radical (unpaired) electrons. The Morgan fingerprint density at radius 3 is 2.87 bits per heavy atom. The second-order valence-corrected chi connectivity index (χ2v) is 10.8. The maximum absolute atomic E-state index is 12.8. The second kappa shape index (κ2) is 7.93. The van der Waals surface area contributed by atoms with E-state index in [4.69, 9.17) is 0 Å². The second-order valence-electron chi connectivity index (χ2n) is 7.60. The van der Waals surface area contributed by atoms with Crippen molar-refractivity contribution in [2.24, 2.45) is 0 Å². The monoisotopic (exact) mass is 455 g/mol. The maximum atomic E-state index is 12.8. The van der Waals surface area contributed by atoms with Crippen LogP contribution in [0.3, 0.4) is 0 Å². The highest BCUT2D eigenvalue weighted by atomic mass is 32.2. The number of thiophene rings is 1. The van der Waals surface area contributed by atoms with E-state index < -0.39 is 9.84 Å². The highest BCUT2D eigenvalue weighted by Crippen LogP contribution is 2.32. The number of amides is 1. The van der Waals surface area contributed by atoms with Gasteiger partial charge in [-0.3, -0.25) is 9.48 Å². The van der Waals surface area contributed by atoms with Gasteiger partial charge in [0.1, 0.15) is 5.82 Å². The molecule has 0 spiro atoms. The molecule has 1 aliphatic heterocycles. The Balaban J connectivity index is 1.32. The van der Waals surface area contributed by atoms with E-state index in [1.807, 2.05) is 41.8 Å². The minimum Gasteiger partial charge on any atom is -0.350 e. The van der Waals surface area contributed by atoms with E-state index in [1.165, 1.54) is 11.3 Å². The van der Waals surface area contributed by atoms with Gasteiger partial charge in [0, 0.05) is 13.0 Å². The molecular formula is C21H21N5O3S2. The zero-order chi connectivity index (χ0) is 21.4. The van der Waals surface area contributed by atoms with Crippen molar-refractivity contribution < 1.29 is 13.2 Å². The van der Waals surface area contributed by atoms with Gasteiger partial charge < -0.3 is 10.3 Å². The summed E-state index contributed by atoms with van der Waals surface area (Å²) in [4.78, 5) is 21.5. The number of para-hydroxylation sites is 2. The summed E-state index contributed by atoms with van der Waals surface area (Å²) >= 11 is 1.54. The first-order valence-electron chi connectivity index (χ1n) is 10.0. The molecule has 1 aromatic carbocycles. The molecule has 1 unspecified atom stereocenters. The van der Waals surface area contributed by atoms with Crippen molar-refractivity contribution in [2.75, 3.05) is 18.1 Å². The van der Waals surface area contributed by atoms with E-state index in [1.54, 1.807) is 10.7 Å². The van der Waals surface area contributed by atoms with E-state index in [2.05, 4.69) is 20.4 Å². The molecular weight excluding hydrogens is 434 g/mol. The fourth-order valence-corrected chi connectivity index (χ4v) is 6.30. The summed E-state index contributed by atoms with van der Waals surface area (Å²) in [5.41, 5.74) is 2.93. The fourth-order valence-electron chi connectivity index (χ4n) is 3.87.